The van der Waals surface area contributed by atoms with Crippen molar-refractivity contribution in [2.45, 2.75) is 40.0 Å². The summed E-state index contributed by atoms with van der Waals surface area (Å²) in [6.45, 7) is 7.99. The Hall–Kier alpha value is -0.0500. The van der Waals surface area contributed by atoms with Crippen molar-refractivity contribution in [3.63, 3.8) is 0 Å². The highest BCUT2D eigenvalue weighted by Crippen LogP contribution is 2.10. The zero-order valence-corrected chi connectivity index (χ0v) is 11.1. The van der Waals surface area contributed by atoms with Crippen molar-refractivity contribution in [1.29, 1.82) is 0 Å². The number of hydrogen-bond acceptors (Lipinski definition) is 1. The molecule has 0 aliphatic rings. The van der Waals surface area contributed by atoms with E-state index in [0.717, 1.165) is 37.7 Å². The Labute approximate surface area is 96.2 Å². The number of halogens is 1. The van der Waals surface area contributed by atoms with Gasteiger partial charge in [0.25, 0.3) is 0 Å². The first kappa shape index (κ1) is 13.9. The summed E-state index contributed by atoms with van der Waals surface area (Å²) in [6.07, 6.45) is 3.13. The van der Waals surface area contributed by atoms with Gasteiger partial charge in [0.05, 0.1) is 0 Å². The van der Waals surface area contributed by atoms with Gasteiger partial charge >= 0.3 is 0 Å². The third kappa shape index (κ3) is 4.99. The molecule has 1 atom stereocenters. The number of hydrogen-bond donors (Lipinski definition) is 0. The monoisotopic (exact) mass is 263 g/mol. The molecule has 2 nitrogen and oxygen atoms in total. The van der Waals surface area contributed by atoms with Gasteiger partial charge in [-0.25, -0.2) is 0 Å². The van der Waals surface area contributed by atoms with Crippen LogP contribution in [0.4, 0.5) is 0 Å². The van der Waals surface area contributed by atoms with Crippen LogP contribution in [0.3, 0.4) is 0 Å². The van der Waals surface area contributed by atoms with E-state index in [0.29, 0.717) is 5.91 Å². The van der Waals surface area contributed by atoms with Gasteiger partial charge in [-0.15, -0.1) is 0 Å². The molecule has 0 aliphatic carbocycles. The lowest BCUT2D eigenvalue weighted by Gasteiger charge is -2.24. The molecule has 0 aromatic heterocycles. The molecular formula is C11H22BrNO. The molecule has 0 radical (unpaired) electrons. The second kappa shape index (κ2) is 8.27. The highest BCUT2D eigenvalue weighted by molar-refractivity contribution is 9.09. The van der Waals surface area contributed by atoms with Gasteiger partial charge in [0, 0.05) is 24.3 Å². The molecule has 0 fully saturated rings. The third-order valence-electron chi connectivity index (χ3n) is 2.30. The minimum atomic E-state index is 0.186. The maximum absolute atomic E-state index is 11.9. The molecule has 0 bridgehead atoms. The molecule has 0 saturated carbocycles. The molecule has 0 aromatic carbocycles. The van der Waals surface area contributed by atoms with Crippen LogP contribution in [-0.4, -0.2) is 29.2 Å². The van der Waals surface area contributed by atoms with Crippen molar-refractivity contribution >= 4 is 21.8 Å². The van der Waals surface area contributed by atoms with Crippen LogP contribution >= 0.6 is 15.9 Å². The number of rotatable bonds is 7. The van der Waals surface area contributed by atoms with E-state index < -0.39 is 0 Å². The Morgan fingerprint density at radius 1 is 1.29 bits per heavy atom. The summed E-state index contributed by atoms with van der Waals surface area (Å²) in [4.78, 5) is 13.9. The van der Waals surface area contributed by atoms with Gasteiger partial charge in [0.15, 0.2) is 0 Å². The molecule has 1 amide bonds. The summed E-state index contributed by atoms with van der Waals surface area (Å²) >= 11 is 3.38. The van der Waals surface area contributed by atoms with E-state index in [1.165, 1.54) is 0 Å². The highest BCUT2D eigenvalue weighted by atomic mass is 79.9. The highest BCUT2D eigenvalue weighted by Gasteiger charge is 2.18. The number of carbonyl (C=O) groups is 1. The van der Waals surface area contributed by atoms with E-state index in [-0.39, 0.29) is 5.92 Å². The van der Waals surface area contributed by atoms with Crippen molar-refractivity contribution in [3.05, 3.63) is 0 Å². The summed E-state index contributed by atoms with van der Waals surface area (Å²) in [7, 11) is 0. The lowest BCUT2D eigenvalue weighted by molar-refractivity contribution is -0.135. The molecule has 0 saturated heterocycles. The van der Waals surface area contributed by atoms with E-state index in [9.17, 15) is 4.79 Å². The van der Waals surface area contributed by atoms with Crippen LogP contribution in [0.1, 0.15) is 40.0 Å². The number of amides is 1. The largest absolute Gasteiger partial charge is 0.342 e. The molecule has 0 rings (SSSR count). The van der Waals surface area contributed by atoms with E-state index in [4.69, 9.17) is 0 Å². The molecule has 0 spiro atoms. The molecule has 0 aromatic rings. The molecule has 0 aliphatic heterocycles. The second-order valence-electron chi connectivity index (χ2n) is 3.70. The van der Waals surface area contributed by atoms with Gasteiger partial charge in [0.2, 0.25) is 5.91 Å². The van der Waals surface area contributed by atoms with Gasteiger partial charge in [-0.2, -0.15) is 0 Å². The first-order chi connectivity index (χ1) is 6.67. The van der Waals surface area contributed by atoms with Crippen molar-refractivity contribution < 1.29 is 4.79 Å². The zero-order valence-electron chi connectivity index (χ0n) is 9.55. The number of nitrogens with zero attached hydrogens (tertiary/aromatic N) is 1. The molecule has 0 heterocycles. The molecule has 84 valence electrons. The van der Waals surface area contributed by atoms with Crippen LogP contribution < -0.4 is 0 Å². The Morgan fingerprint density at radius 2 is 1.93 bits per heavy atom. The third-order valence-corrected chi connectivity index (χ3v) is 2.66. The fourth-order valence-corrected chi connectivity index (χ4v) is 2.00. The average molecular weight is 264 g/mol. The predicted octanol–water partition coefficient (Wildman–Crippen LogP) is 3.06. The van der Waals surface area contributed by atoms with Crippen LogP contribution in [0.2, 0.25) is 0 Å². The first-order valence-electron chi connectivity index (χ1n) is 5.52. The lowest BCUT2D eigenvalue weighted by atomic mass is 10.0. The SMILES string of the molecule is CCCC(C)C(=O)N(CCC)CCBr. The molecular weight excluding hydrogens is 242 g/mol. The topological polar surface area (TPSA) is 20.3 Å². The fourth-order valence-electron chi connectivity index (χ4n) is 1.57. The maximum atomic E-state index is 11.9. The zero-order chi connectivity index (χ0) is 11.0. The minimum absolute atomic E-state index is 0.186. The average Bonchev–Trinajstić information content (AvgIpc) is 2.17. The molecule has 0 N–H and O–H groups in total. The molecule has 3 heteroatoms. The standard InChI is InChI=1S/C11H22BrNO/c1-4-6-10(3)11(14)13(8-5-2)9-7-12/h10H,4-9H2,1-3H3. The Morgan fingerprint density at radius 3 is 2.36 bits per heavy atom. The molecule has 1 unspecified atom stereocenters. The summed E-state index contributed by atoms with van der Waals surface area (Å²) < 4.78 is 0. The Kier molecular flexibility index (Phi) is 8.24. The first-order valence-corrected chi connectivity index (χ1v) is 6.64. The second-order valence-corrected chi connectivity index (χ2v) is 4.50. The van der Waals surface area contributed by atoms with Crippen LogP contribution in [-0.2, 0) is 4.79 Å². The number of alkyl halides is 1. The van der Waals surface area contributed by atoms with Crippen molar-refractivity contribution in [1.82, 2.24) is 4.90 Å². The normalized spacial score (nSPS) is 12.6. The van der Waals surface area contributed by atoms with E-state index in [1.807, 2.05) is 11.8 Å². The Balaban J connectivity index is 4.11. The lowest BCUT2D eigenvalue weighted by Crippen LogP contribution is -2.37. The van der Waals surface area contributed by atoms with Crippen LogP contribution in [0.5, 0.6) is 0 Å². The van der Waals surface area contributed by atoms with Gasteiger partial charge in [-0.3, -0.25) is 4.79 Å². The quantitative estimate of drug-likeness (QED) is 0.647. The van der Waals surface area contributed by atoms with Crippen molar-refractivity contribution in [2.24, 2.45) is 5.92 Å². The van der Waals surface area contributed by atoms with Gasteiger partial charge in [0.1, 0.15) is 0 Å². The summed E-state index contributed by atoms with van der Waals surface area (Å²) in [5.41, 5.74) is 0. The summed E-state index contributed by atoms with van der Waals surface area (Å²) in [6, 6.07) is 0. The smallest absolute Gasteiger partial charge is 0.225 e. The van der Waals surface area contributed by atoms with Crippen molar-refractivity contribution in [3.8, 4) is 0 Å². The van der Waals surface area contributed by atoms with E-state index in [2.05, 4.69) is 29.8 Å². The summed E-state index contributed by atoms with van der Waals surface area (Å²) in [5, 5.41) is 0.873. The van der Waals surface area contributed by atoms with Gasteiger partial charge in [-0.1, -0.05) is 43.1 Å². The maximum Gasteiger partial charge on any atom is 0.225 e. The van der Waals surface area contributed by atoms with Crippen molar-refractivity contribution in [2.75, 3.05) is 18.4 Å². The minimum Gasteiger partial charge on any atom is -0.342 e. The van der Waals surface area contributed by atoms with Gasteiger partial charge < -0.3 is 4.90 Å². The Bertz CT molecular complexity index is 155. The number of carbonyl (C=O) groups excluding carboxylic acids is 1. The van der Waals surface area contributed by atoms with E-state index >= 15 is 0 Å². The van der Waals surface area contributed by atoms with Gasteiger partial charge in [-0.05, 0) is 12.8 Å². The summed E-state index contributed by atoms with van der Waals surface area (Å²) in [5.74, 6) is 0.499. The van der Waals surface area contributed by atoms with Crippen LogP contribution in [0.25, 0.3) is 0 Å². The fraction of sp³-hybridized carbons (Fsp3) is 0.909. The van der Waals surface area contributed by atoms with E-state index in [1.54, 1.807) is 0 Å². The van der Waals surface area contributed by atoms with Crippen LogP contribution in [0, 0.1) is 5.92 Å². The van der Waals surface area contributed by atoms with Crippen LogP contribution in [0.15, 0.2) is 0 Å². The molecule has 14 heavy (non-hydrogen) atoms. The predicted molar refractivity (Wildman–Crippen MR) is 64.7 cm³/mol.